The lowest BCUT2D eigenvalue weighted by Gasteiger charge is -2.10. The average Bonchev–Trinajstić information content (AvgIpc) is 2.93. The fourth-order valence-electron chi connectivity index (χ4n) is 1.79. The van der Waals surface area contributed by atoms with Crippen LogP contribution in [0.4, 0.5) is 15.8 Å². The lowest BCUT2D eigenvalue weighted by Crippen LogP contribution is -2.10. The summed E-state index contributed by atoms with van der Waals surface area (Å²) >= 11 is 0. The van der Waals surface area contributed by atoms with Crippen molar-refractivity contribution < 1.29 is 18.3 Å². The van der Waals surface area contributed by atoms with Gasteiger partial charge < -0.3 is 20.2 Å². The van der Waals surface area contributed by atoms with Gasteiger partial charge in [0.2, 0.25) is 0 Å². The van der Waals surface area contributed by atoms with Gasteiger partial charge in [-0.15, -0.1) is 0 Å². The first kappa shape index (κ1) is 13.9. The lowest BCUT2D eigenvalue weighted by molar-refractivity contribution is 0.0602. The smallest absolute Gasteiger partial charge is 0.340 e. The molecule has 2 rings (SSSR count). The summed E-state index contributed by atoms with van der Waals surface area (Å²) in [5, 5.41) is 2.90. The zero-order valence-electron chi connectivity index (χ0n) is 11.0. The van der Waals surface area contributed by atoms with Crippen LogP contribution in [0.3, 0.4) is 0 Å². The van der Waals surface area contributed by atoms with Gasteiger partial charge >= 0.3 is 5.97 Å². The predicted octanol–water partition coefficient (Wildman–Crippen LogP) is 2.44. The van der Waals surface area contributed by atoms with E-state index < -0.39 is 11.8 Å². The number of hydrogen-bond donors (Lipinski definition) is 2. The first-order valence-corrected chi connectivity index (χ1v) is 6.05. The van der Waals surface area contributed by atoms with Crippen LogP contribution >= 0.6 is 0 Å². The molecule has 0 bridgehead atoms. The van der Waals surface area contributed by atoms with E-state index in [2.05, 4.69) is 10.1 Å². The van der Waals surface area contributed by atoms with E-state index in [1.165, 1.54) is 13.2 Å². The summed E-state index contributed by atoms with van der Waals surface area (Å²) in [6.07, 6.45) is 2.18. The maximum Gasteiger partial charge on any atom is 0.340 e. The number of hydrogen-bond acceptors (Lipinski definition) is 5. The highest BCUT2D eigenvalue weighted by Crippen LogP contribution is 2.23. The Labute approximate surface area is 115 Å². The summed E-state index contributed by atoms with van der Waals surface area (Å²) in [6, 6.07) is 6.06. The number of esters is 1. The molecule has 0 amide bonds. The molecule has 0 aliphatic heterocycles. The number of nitrogens with one attached hydrogen (secondary N) is 1. The number of nitrogen functional groups attached to an aromatic ring is 1. The first-order chi connectivity index (χ1) is 9.61. The van der Waals surface area contributed by atoms with Crippen LogP contribution in [0.1, 0.15) is 16.1 Å². The van der Waals surface area contributed by atoms with Gasteiger partial charge in [0.25, 0.3) is 0 Å². The van der Waals surface area contributed by atoms with Gasteiger partial charge in [0.1, 0.15) is 11.6 Å². The molecule has 0 spiro atoms. The van der Waals surface area contributed by atoms with Crippen molar-refractivity contribution in [1.29, 1.82) is 0 Å². The molecule has 1 heterocycles. The molecule has 2 aromatic rings. The first-order valence-electron chi connectivity index (χ1n) is 6.05. The van der Waals surface area contributed by atoms with E-state index in [0.29, 0.717) is 13.0 Å². The third-order valence-corrected chi connectivity index (χ3v) is 2.81. The maximum atomic E-state index is 13.7. The van der Waals surface area contributed by atoms with E-state index >= 15 is 0 Å². The van der Waals surface area contributed by atoms with Crippen molar-refractivity contribution in [2.24, 2.45) is 0 Å². The van der Waals surface area contributed by atoms with Crippen LogP contribution in [0.25, 0.3) is 0 Å². The third-order valence-electron chi connectivity index (χ3n) is 2.81. The van der Waals surface area contributed by atoms with E-state index in [0.717, 1.165) is 11.8 Å². The minimum Gasteiger partial charge on any atom is -0.469 e. The molecule has 0 saturated carbocycles. The molecule has 106 valence electrons. The van der Waals surface area contributed by atoms with Crippen LogP contribution in [0.15, 0.2) is 34.9 Å². The predicted molar refractivity (Wildman–Crippen MR) is 73.1 cm³/mol. The number of ether oxygens (including phenoxy) is 1. The van der Waals surface area contributed by atoms with Gasteiger partial charge in [0, 0.05) is 18.7 Å². The Balaban J connectivity index is 2.08. The van der Waals surface area contributed by atoms with E-state index in [4.69, 9.17) is 10.2 Å². The summed E-state index contributed by atoms with van der Waals surface area (Å²) in [5.41, 5.74) is 5.97. The topological polar surface area (TPSA) is 77.5 Å². The fraction of sp³-hybridized carbons (Fsp3) is 0.214. The molecule has 6 heteroatoms. The minimum absolute atomic E-state index is 0.0472. The van der Waals surface area contributed by atoms with Crippen molar-refractivity contribution >= 4 is 17.3 Å². The van der Waals surface area contributed by atoms with Crippen molar-refractivity contribution in [3.8, 4) is 0 Å². The zero-order chi connectivity index (χ0) is 14.5. The molecule has 0 saturated heterocycles. The van der Waals surface area contributed by atoms with Crippen LogP contribution in [-0.2, 0) is 11.2 Å². The van der Waals surface area contributed by atoms with E-state index in [1.807, 2.05) is 6.07 Å². The fourth-order valence-corrected chi connectivity index (χ4v) is 1.79. The number of rotatable bonds is 5. The van der Waals surface area contributed by atoms with Gasteiger partial charge in [-0.25, -0.2) is 9.18 Å². The Hall–Kier alpha value is -2.50. The number of methoxy groups -OCH3 is 1. The second-order valence-corrected chi connectivity index (χ2v) is 4.17. The third kappa shape index (κ3) is 3.09. The number of anilines is 2. The zero-order valence-corrected chi connectivity index (χ0v) is 11.0. The highest BCUT2D eigenvalue weighted by molar-refractivity contribution is 5.96. The monoisotopic (exact) mass is 278 g/mol. The van der Waals surface area contributed by atoms with Crippen LogP contribution in [0.5, 0.6) is 0 Å². The molecule has 5 nitrogen and oxygen atoms in total. The molecule has 3 N–H and O–H groups in total. The lowest BCUT2D eigenvalue weighted by atomic mass is 10.1. The maximum absolute atomic E-state index is 13.7. The summed E-state index contributed by atoms with van der Waals surface area (Å²) in [7, 11) is 1.25. The van der Waals surface area contributed by atoms with E-state index in [9.17, 15) is 9.18 Å². The van der Waals surface area contributed by atoms with Crippen molar-refractivity contribution in [3.05, 3.63) is 47.7 Å². The van der Waals surface area contributed by atoms with Gasteiger partial charge in [0.15, 0.2) is 0 Å². The molecule has 0 atom stereocenters. The Kier molecular flexibility index (Phi) is 4.24. The number of nitrogens with two attached hydrogens (primary N) is 1. The summed E-state index contributed by atoms with van der Waals surface area (Å²) in [6.45, 7) is 0.467. The quantitative estimate of drug-likeness (QED) is 0.649. The van der Waals surface area contributed by atoms with Crippen molar-refractivity contribution in [2.75, 3.05) is 24.7 Å². The molecule has 0 aliphatic carbocycles. The van der Waals surface area contributed by atoms with Gasteiger partial charge in [-0.3, -0.25) is 0 Å². The number of carbonyl (C=O) groups excluding carboxylic acids is 1. The van der Waals surface area contributed by atoms with E-state index in [-0.39, 0.29) is 16.9 Å². The molecule has 0 fully saturated rings. The standard InChI is InChI=1S/C14H15FN2O3/c1-19-14(18)10-7-13(11(15)8-12(10)16)17-5-4-9-3-2-6-20-9/h2-3,6-8,17H,4-5,16H2,1H3. The molecule has 0 radical (unpaired) electrons. The highest BCUT2D eigenvalue weighted by atomic mass is 19.1. The molecule has 1 aromatic carbocycles. The van der Waals surface area contributed by atoms with E-state index in [1.54, 1.807) is 12.3 Å². The SMILES string of the molecule is COC(=O)c1cc(NCCc2ccco2)c(F)cc1N. The van der Waals surface area contributed by atoms with Crippen LogP contribution in [-0.4, -0.2) is 19.6 Å². The molecule has 1 aromatic heterocycles. The number of carbonyl (C=O) groups is 1. The number of benzene rings is 1. The van der Waals surface area contributed by atoms with Gasteiger partial charge in [-0.05, 0) is 24.3 Å². The highest BCUT2D eigenvalue weighted by Gasteiger charge is 2.14. The number of halogens is 1. The summed E-state index contributed by atoms with van der Waals surface area (Å²) < 4.78 is 23.5. The van der Waals surface area contributed by atoms with Crippen molar-refractivity contribution in [2.45, 2.75) is 6.42 Å². The van der Waals surface area contributed by atoms with Crippen LogP contribution in [0.2, 0.25) is 0 Å². The van der Waals surface area contributed by atoms with Crippen LogP contribution < -0.4 is 11.1 Å². The minimum atomic E-state index is -0.600. The average molecular weight is 278 g/mol. The Morgan fingerprint density at radius 3 is 2.95 bits per heavy atom. The number of furan rings is 1. The van der Waals surface area contributed by atoms with Gasteiger partial charge in [0.05, 0.1) is 24.6 Å². The molecule has 20 heavy (non-hydrogen) atoms. The van der Waals surface area contributed by atoms with Crippen molar-refractivity contribution in [3.63, 3.8) is 0 Å². The summed E-state index contributed by atoms with van der Waals surface area (Å²) in [4.78, 5) is 11.5. The van der Waals surface area contributed by atoms with Crippen molar-refractivity contribution in [1.82, 2.24) is 0 Å². The largest absolute Gasteiger partial charge is 0.469 e. The molecular formula is C14H15FN2O3. The Bertz CT molecular complexity index is 597. The molecule has 0 aliphatic rings. The normalized spacial score (nSPS) is 10.3. The Morgan fingerprint density at radius 1 is 1.50 bits per heavy atom. The second-order valence-electron chi connectivity index (χ2n) is 4.17. The molecule has 0 unspecified atom stereocenters. The Morgan fingerprint density at radius 2 is 2.30 bits per heavy atom. The van der Waals surface area contributed by atoms with Gasteiger partial charge in [-0.2, -0.15) is 0 Å². The van der Waals surface area contributed by atoms with Gasteiger partial charge in [-0.1, -0.05) is 0 Å². The molecular weight excluding hydrogens is 263 g/mol. The van der Waals surface area contributed by atoms with Crippen LogP contribution in [0, 0.1) is 5.82 Å². The summed E-state index contributed by atoms with van der Waals surface area (Å²) in [5.74, 6) is -0.326. The second kappa shape index (κ2) is 6.10.